The fourth-order valence-electron chi connectivity index (χ4n) is 2.75. The molecule has 4 nitrogen and oxygen atoms in total. The van der Waals surface area contributed by atoms with Gasteiger partial charge in [-0.05, 0) is 42.0 Å². The van der Waals surface area contributed by atoms with Crippen molar-refractivity contribution in [2.45, 2.75) is 0 Å². The third kappa shape index (κ3) is 3.03. The van der Waals surface area contributed by atoms with Crippen LogP contribution in [0.5, 0.6) is 0 Å². The lowest BCUT2D eigenvalue weighted by atomic mass is 10.2. The van der Waals surface area contributed by atoms with E-state index >= 15 is 0 Å². The first-order valence-electron chi connectivity index (χ1n) is 8.08. The van der Waals surface area contributed by atoms with Gasteiger partial charge >= 0.3 is 0 Å². The van der Waals surface area contributed by atoms with Crippen molar-refractivity contribution in [3.8, 4) is 11.4 Å². The van der Waals surface area contributed by atoms with E-state index in [1.165, 1.54) is 0 Å². The molecule has 26 heavy (non-hydrogen) atoms. The first kappa shape index (κ1) is 16.2. The second kappa shape index (κ2) is 6.94. The van der Waals surface area contributed by atoms with E-state index in [4.69, 9.17) is 16.6 Å². The van der Waals surface area contributed by atoms with Crippen LogP contribution in [0.3, 0.4) is 0 Å². The number of pyridine rings is 1. The average Bonchev–Trinajstić information content (AvgIpc) is 2.69. The largest absolute Gasteiger partial charge is 0.268 e. The molecule has 0 saturated heterocycles. The quantitative estimate of drug-likeness (QED) is 0.530. The maximum absolute atomic E-state index is 13.1. The van der Waals surface area contributed by atoms with Crippen LogP contribution in [0.4, 0.5) is 0 Å². The second-order valence-corrected chi connectivity index (χ2v) is 6.11. The molecule has 0 N–H and O–H groups in total. The Hall–Kier alpha value is -3.24. The first-order valence-corrected chi connectivity index (χ1v) is 8.46. The molecule has 4 rings (SSSR count). The zero-order valence-corrected chi connectivity index (χ0v) is 14.5. The Morgan fingerprint density at radius 1 is 0.923 bits per heavy atom. The lowest BCUT2D eigenvalue weighted by Crippen LogP contribution is -2.19. The van der Waals surface area contributed by atoms with Crippen molar-refractivity contribution in [2.75, 3.05) is 0 Å². The fourth-order valence-corrected chi connectivity index (χ4v) is 2.95. The van der Waals surface area contributed by atoms with Crippen LogP contribution in [0.1, 0.15) is 5.56 Å². The Morgan fingerprint density at radius 2 is 1.65 bits per heavy atom. The summed E-state index contributed by atoms with van der Waals surface area (Å²) in [5.41, 5.74) is 2.17. The van der Waals surface area contributed by atoms with Crippen molar-refractivity contribution in [1.82, 2.24) is 14.5 Å². The Kier molecular flexibility index (Phi) is 4.33. The van der Waals surface area contributed by atoms with E-state index in [0.717, 1.165) is 11.1 Å². The summed E-state index contributed by atoms with van der Waals surface area (Å²) in [5.74, 6) is 0.555. The van der Waals surface area contributed by atoms with Gasteiger partial charge in [-0.15, -0.1) is 0 Å². The highest BCUT2D eigenvalue weighted by atomic mass is 35.5. The van der Waals surface area contributed by atoms with Crippen molar-refractivity contribution < 1.29 is 0 Å². The van der Waals surface area contributed by atoms with Gasteiger partial charge < -0.3 is 0 Å². The van der Waals surface area contributed by atoms with E-state index in [-0.39, 0.29) is 5.56 Å². The van der Waals surface area contributed by atoms with Crippen molar-refractivity contribution in [3.63, 3.8) is 0 Å². The van der Waals surface area contributed by atoms with E-state index < -0.39 is 0 Å². The summed E-state index contributed by atoms with van der Waals surface area (Å²) >= 11 is 6.22. The number of hydrogen-bond donors (Lipinski definition) is 0. The topological polar surface area (TPSA) is 47.8 Å². The molecule has 0 bridgehead atoms. The SMILES string of the molecule is O=c1c2ccccc2nc(-c2ccncc2)n1/C=C/c1ccccc1Cl. The molecule has 4 aromatic rings. The first-order chi connectivity index (χ1) is 12.7. The van der Waals surface area contributed by atoms with Gasteiger partial charge in [0.2, 0.25) is 0 Å². The van der Waals surface area contributed by atoms with Crippen LogP contribution >= 0.6 is 11.6 Å². The highest BCUT2D eigenvalue weighted by Gasteiger charge is 2.11. The smallest absolute Gasteiger partial charge is 0.265 e. The number of aromatic nitrogens is 3. The van der Waals surface area contributed by atoms with Gasteiger partial charge in [0.1, 0.15) is 5.82 Å². The minimum atomic E-state index is -0.134. The lowest BCUT2D eigenvalue weighted by molar-refractivity contribution is 1.04. The van der Waals surface area contributed by atoms with Crippen LogP contribution in [-0.2, 0) is 0 Å². The van der Waals surface area contributed by atoms with Gasteiger partial charge in [0, 0.05) is 29.2 Å². The zero-order valence-electron chi connectivity index (χ0n) is 13.7. The van der Waals surface area contributed by atoms with Crippen LogP contribution < -0.4 is 5.56 Å². The van der Waals surface area contributed by atoms with Crippen molar-refractivity contribution in [1.29, 1.82) is 0 Å². The third-order valence-electron chi connectivity index (χ3n) is 4.05. The average molecular weight is 360 g/mol. The highest BCUT2D eigenvalue weighted by molar-refractivity contribution is 6.32. The summed E-state index contributed by atoms with van der Waals surface area (Å²) < 4.78 is 1.54. The number of hydrogen-bond acceptors (Lipinski definition) is 3. The van der Waals surface area contributed by atoms with E-state index in [1.807, 2.05) is 60.7 Å². The Labute approximate surface area is 155 Å². The predicted molar refractivity (Wildman–Crippen MR) is 106 cm³/mol. The van der Waals surface area contributed by atoms with Crippen molar-refractivity contribution in [2.24, 2.45) is 0 Å². The van der Waals surface area contributed by atoms with Gasteiger partial charge in [-0.25, -0.2) is 4.98 Å². The predicted octanol–water partition coefficient (Wildman–Crippen LogP) is 4.74. The number of fused-ring (bicyclic) bond motifs is 1. The maximum Gasteiger partial charge on any atom is 0.265 e. The molecular weight excluding hydrogens is 346 g/mol. The Morgan fingerprint density at radius 3 is 2.46 bits per heavy atom. The van der Waals surface area contributed by atoms with Crippen LogP contribution in [0, 0.1) is 0 Å². The summed E-state index contributed by atoms with van der Waals surface area (Å²) in [7, 11) is 0. The summed E-state index contributed by atoms with van der Waals surface area (Å²) in [6.07, 6.45) is 6.88. The van der Waals surface area contributed by atoms with Crippen LogP contribution in [-0.4, -0.2) is 14.5 Å². The molecular formula is C21H14ClN3O. The van der Waals surface area contributed by atoms with Gasteiger partial charge in [0.25, 0.3) is 5.56 Å². The molecule has 2 aromatic carbocycles. The fraction of sp³-hybridized carbons (Fsp3) is 0. The number of halogens is 1. The summed E-state index contributed by atoms with van der Waals surface area (Å²) in [5, 5.41) is 1.19. The molecule has 0 radical (unpaired) electrons. The van der Waals surface area contributed by atoms with Gasteiger partial charge in [-0.2, -0.15) is 0 Å². The molecule has 5 heteroatoms. The second-order valence-electron chi connectivity index (χ2n) is 5.70. The molecule has 0 fully saturated rings. The van der Waals surface area contributed by atoms with Gasteiger partial charge in [-0.3, -0.25) is 14.3 Å². The number of rotatable bonds is 3. The van der Waals surface area contributed by atoms with E-state index in [0.29, 0.717) is 21.7 Å². The molecule has 126 valence electrons. The third-order valence-corrected chi connectivity index (χ3v) is 4.40. The Bertz CT molecular complexity index is 1170. The molecule has 2 aromatic heterocycles. The molecule has 2 heterocycles. The van der Waals surface area contributed by atoms with E-state index in [1.54, 1.807) is 29.2 Å². The minimum absolute atomic E-state index is 0.134. The normalized spacial score (nSPS) is 11.3. The molecule has 0 unspecified atom stereocenters. The molecule has 0 aliphatic carbocycles. The van der Waals surface area contributed by atoms with E-state index in [9.17, 15) is 4.79 Å². The maximum atomic E-state index is 13.1. The van der Waals surface area contributed by atoms with Gasteiger partial charge in [0.05, 0.1) is 10.9 Å². The van der Waals surface area contributed by atoms with E-state index in [2.05, 4.69) is 4.98 Å². The van der Waals surface area contributed by atoms with Gasteiger partial charge in [0.15, 0.2) is 0 Å². The highest BCUT2D eigenvalue weighted by Crippen LogP contribution is 2.20. The van der Waals surface area contributed by atoms with Crippen LogP contribution in [0.2, 0.25) is 5.02 Å². The molecule has 0 aliphatic rings. The molecule has 0 atom stereocenters. The van der Waals surface area contributed by atoms with Crippen LogP contribution in [0.25, 0.3) is 34.6 Å². The van der Waals surface area contributed by atoms with Crippen molar-refractivity contribution >= 4 is 34.8 Å². The number of para-hydroxylation sites is 1. The summed E-state index contributed by atoms with van der Waals surface area (Å²) in [6.45, 7) is 0. The Balaban J connectivity index is 1.96. The standard InChI is InChI=1S/C21H14ClN3O/c22-18-7-3-1-5-15(18)11-14-25-20(16-9-12-23-13-10-16)24-19-8-4-2-6-17(19)21(25)26/h1-14H/b14-11+. The van der Waals surface area contributed by atoms with Crippen LogP contribution in [0.15, 0.2) is 77.9 Å². The number of nitrogens with zero attached hydrogens (tertiary/aromatic N) is 3. The van der Waals surface area contributed by atoms with Crippen molar-refractivity contribution in [3.05, 3.63) is 94.0 Å². The zero-order chi connectivity index (χ0) is 17.9. The summed E-state index contributed by atoms with van der Waals surface area (Å²) in [6, 6.07) is 18.4. The minimum Gasteiger partial charge on any atom is -0.268 e. The molecule has 0 saturated carbocycles. The summed E-state index contributed by atoms with van der Waals surface area (Å²) in [4.78, 5) is 21.8. The molecule has 0 aliphatic heterocycles. The number of benzene rings is 2. The monoisotopic (exact) mass is 359 g/mol. The molecule has 0 amide bonds. The molecule has 0 spiro atoms. The lowest BCUT2D eigenvalue weighted by Gasteiger charge is -2.10. The van der Waals surface area contributed by atoms with Gasteiger partial charge in [-0.1, -0.05) is 41.9 Å².